The molecule has 2 aromatic rings. The summed E-state index contributed by atoms with van der Waals surface area (Å²) >= 11 is 6.07. The van der Waals surface area contributed by atoms with E-state index in [0.29, 0.717) is 18.3 Å². The molecule has 1 atom stereocenters. The third kappa shape index (κ3) is 5.56. The number of alkyl halides is 3. The third-order valence-electron chi connectivity index (χ3n) is 6.94. The predicted octanol–water partition coefficient (Wildman–Crippen LogP) is 6.96. The molecule has 2 aromatic carbocycles. The molecule has 1 aliphatic carbocycles. The molecule has 1 aliphatic heterocycles. The first kappa shape index (κ1) is 22.5. The van der Waals surface area contributed by atoms with Crippen LogP contribution in [-0.4, -0.2) is 31.1 Å². The predicted molar refractivity (Wildman–Crippen MR) is 118 cm³/mol. The smallest absolute Gasteiger partial charge is 0.416 e. The quantitative estimate of drug-likeness (QED) is 0.451. The first-order valence-corrected chi connectivity index (χ1v) is 11.5. The van der Waals surface area contributed by atoms with E-state index in [-0.39, 0.29) is 5.41 Å². The minimum atomic E-state index is -4.31. The highest BCUT2D eigenvalue weighted by Gasteiger charge is 2.38. The van der Waals surface area contributed by atoms with Crippen LogP contribution in [0.1, 0.15) is 49.7 Å². The number of ether oxygens (including phenoxy) is 1. The lowest BCUT2D eigenvalue weighted by molar-refractivity contribution is -0.137. The highest BCUT2D eigenvalue weighted by atomic mass is 35.5. The molecule has 1 unspecified atom stereocenters. The molecule has 2 fully saturated rings. The summed E-state index contributed by atoms with van der Waals surface area (Å²) in [4.78, 5) is 2.53. The van der Waals surface area contributed by atoms with Crippen molar-refractivity contribution in [2.75, 3.05) is 26.2 Å². The van der Waals surface area contributed by atoms with Gasteiger partial charge >= 0.3 is 6.18 Å². The third-order valence-corrected chi connectivity index (χ3v) is 7.20. The average Bonchev–Trinajstić information content (AvgIpc) is 2.73. The van der Waals surface area contributed by atoms with Gasteiger partial charge in [-0.1, -0.05) is 30.2 Å². The van der Waals surface area contributed by atoms with Crippen LogP contribution >= 0.6 is 11.6 Å². The van der Waals surface area contributed by atoms with Gasteiger partial charge in [-0.3, -0.25) is 0 Å². The molecule has 0 amide bonds. The van der Waals surface area contributed by atoms with Gasteiger partial charge in [0.25, 0.3) is 0 Å². The number of rotatable bonds is 7. The van der Waals surface area contributed by atoms with Gasteiger partial charge in [-0.15, -0.1) is 0 Å². The monoisotopic (exact) mass is 451 g/mol. The van der Waals surface area contributed by atoms with E-state index >= 15 is 0 Å². The van der Waals surface area contributed by atoms with Gasteiger partial charge in [0.15, 0.2) is 0 Å². The van der Waals surface area contributed by atoms with Crippen molar-refractivity contribution in [1.29, 1.82) is 0 Å². The summed E-state index contributed by atoms with van der Waals surface area (Å²) < 4.78 is 43.9. The van der Waals surface area contributed by atoms with E-state index in [0.717, 1.165) is 56.1 Å². The first-order valence-electron chi connectivity index (χ1n) is 11.1. The minimum Gasteiger partial charge on any atom is -0.493 e. The van der Waals surface area contributed by atoms with E-state index in [2.05, 4.69) is 17.0 Å². The zero-order chi connectivity index (χ0) is 21.9. The molecule has 1 saturated heterocycles. The Labute approximate surface area is 187 Å². The number of benzene rings is 2. The summed E-state index contributed by atoms with van der Waals surface area (Å²) in [5.74, 6) is 0.908. The number of halogens is 4. The molecule has 0 N–H and O–H groups in total. The Morgan fingerprint density at radius 3 is 2.32 bits per heavy atom. The summed E-state index contributed by atoms with van der Waals surface area (Å²) in [6.07, 6.45) is 2.83. The number of likely N-dealkylation sites (tertiary alicyclic amines) is 1. The number of hydrogen-bond acceptors (Lipinski definition) is 2. The molecule has 1 saturated carbocycles. The van der Waals surface area contributed by atoms with Gasteiger partial charge < -0.3 is 9.64 Å². The van der Waals surface area contributed by atoms with E-state index in [1.54, 1.807) is 0 Å². The van der Waals surface area contributed by atoms with Gasteiger partial charge in [-0.2, -0.15) is 13.2 Å². The molecular weight excluding hydrogens is 423 g/mol. The number of piperidine rings is 1. The number of nitrogens with zero attached hydrogens (tertiary/aromatic N) is 1. The minimum absolute atomic E-state index is 0.286. The Morgan fingerprint density at radius 2 is 1.71 bits per heavy atom. The van der Waals surface area contributed by atoms with Crippen LogP contribution in [0.5, 0.6) is 5.75 Å². The van der Waals surface area contributed by atoms with Crippen LogP contribution in [0.25, 0.3) is 0 Å². The fraction of sp³-hybridized carbons (Fsp3) is 0.520. The summed E-state index contributed by atoms with van der Waals surface area (Å²) in [7, 11) is 0. The van der Waals surface area contributed by atoms with E-state index in [4.69, 9.17) is 16.3 Å². The van der Waals surface area contributed by atoms with E-state index < -0.39 is 11.7 Å². The molecule has 1 heterocycles. The molecule has 6 heteroatoms. The van der Waals surface area contributed by atoms with Crippen LogP contribution in [0.15, 0.2) is 48.5 Å². The maximum atomic E-state index is 12.7. The summed E-state index contributed by atoms with van der Waals surface area (Å²) in [5.41, 5.74) is 1.05. The number of hydrogen-bond donors (Lipinski definition) is 0. The lowest BCUT2D eigenvalue weighted by Gasteiger charge is -2.44. The zero-order valence-electron chi connectivity index (χ0n) is 17.6. The SMILES string of the molecule is FC(F)(F)c1ccc(OCC2CCCN(CCC3(c4ccc(Cl)cc4)CCC3)C2)cc1. The van der Waals surface area contributed by atoms with Crippen molar-refractivity contribution in [3.8, 4) is 5.75 Å². The molecule has 168 valence electrons. The van der Waals surface area contributed by atoms with Gasteiger partial charge in [-0.05, 0) is 92.6 Å². The van der Waals surface area contributed by atoms with Gasteiger partial charge in [0.2, 0.25) is 0 Å². The second-order valence-electron chi connectivity index (χ2n) is 9.03. The van der Waals surface area contributed by atoms with Crippen molar-refractivity contribution in [1.82, 2.24) is 4.90 Å². The van der Waals surface area contributed by atoms with Crippen molar-refractivity contribution in [3.63, 3.8) is 0 Å². The van der Waals surface area contributed by atoms with E-state index in [1.165, 1.54) is 37.0 Å². The van der Waals surface area contributed by atoms with Crippen LogP contribution < -0.4 is 4.74 Å². The molecule has 31 heavy (non-hydrogen) atoms. The zero-order valence-corrected chi connectivity index (χ0v) is 18.4. The average molecular weight is 452 g/mol. The summed E-state index contributed by atoms with van der Waals surface area (Å²) in [6.45, 7) is 3.70. The van der Waals surface area contributed by atoms with Crippen molar-refractivity contribution in [2.24, 2.45) is 5.92 Å². The van der Waals surface area contributed by atoms with Gasteiger partial charge in [0.1, 0.15) is 5.75 Å². The Bertz CT molecular complexity index is 847. The molecule has 0 aromatic heterocycles. The van der Waals surface area contributed by atoms with Crippen molar-refractivity contribution in [2.45, 2.75) is 50.1 Å². The maximum absolute atomic E-state index is 12.7. The van der Waals surface area contributed by atoms with Crippen LogP contribution in [0.3, 0.4) is 0 Å². The summed E-state index contributed by atoms with van der Waals surface area (Å²) in [5, 5.41) is 0.783. The van der Waals surface area contributed by atoms with Crippen molar-refractivity contribution in [3.05, 3.63) is 64.7 Å². The molecule has 0 bridgehead atoms. The molecule has 4 rings (SSSR count). The second-order valence-corrected chi connectivity index (χ2v) is 9.47. The van der Waals surface area contributed by atoms with Crippen LogP contribution in [0, 0.1) is 5.92 Å². The van der Waals surface area contributed by atoms with Gasteiger partial charge in [0.05, 0.1) is 12.2 Å². The standard InChI is InChI=1S/C25H29ClF3NO/c26-22-8-4-20(5-9-22)24(12-2-13-24)14-16-30-15-1-3-19(17-30)18-31-23-10-6-21(7-11-23)25(27,28)29/h4-11,19H,1-3,12-18H2. The Kier molecular flexibility index (Phi) is 6.83. The largest absolute Gasteiger partial charge is 0.493 e. The van der Waals surface area contributed by atoms with Crippen molar-refractivity contribution >= 4 is 11.6 Å². The topological polar surface area (TPSA) is 12.5 Å². The highest BCUT2D eigenvalue weighted by Crippen LogP contribution is 2.47. The lowest BCUT2D eigenvalue weighted by atomic mass is 9.62. The van der Waals surface area contributed by atoms with E-state index in [1.807, 2.05) is 12.1 Å². The molecule has 2 aliphatic rings. The van der Waals surface area contributed by atoms with Crippen LogP contribution in [0.2, 0.25) is 5.02 Å². The van der Waals surface area contributed by atoms with Crippen LogP contribution in [-0.2, 0) is 11.6 Å². The summed E-state index contributed by atoms with van der Waals surface area (Å²) in [6, 6.07) is 13.3. The van der Waals surface area contributed by atoms with Gasteiger partial charge in [0, 0.05) is 17.5 Å². The normalized spacial score (nSPS) is 21.5. The fourth-order valence-electron chi connectivity index (χ4n) is 4.91. The second kappa shape index (κ2) is 9.41. The molecule has 0 spiro atoms. The molecule has 0 radical (unpaired) electrons. The van der Waals surface area contributed by atoms with E-state index in [9.17, 15) is 13.2 Å². The van der Waals surface area contributed by atoms with Crippen molar-refractivity contribution < 1.29 is 17.9 Å². The fourth-order valence-corrected chi connectivity index (χ4v) is 5.03. The maximum Gasteiger partial charge on any atom is 0.416 e. The molecule has 2 nitrogen and oxygen atoms in total. The Balaban J connectivity index is 1.27. The Hall–Kier alpha value is -1.72. The molecular formula is C25H29ClF3NO. The van der Waals surface area contributed by atoms with Gasteiger partial charge in [-0.25, -0.2) is 0 Å². The lowest BCUT2D eigenvalue weighted by Crippen LogP contribution is -2.42. The Morgan fingerprint density at radius 1 is 1.00 bits per heavy atom. The highest BCUT2D eigenvalue weighted by molar-refractivity contribution is 6.30. The van der Waals surface area contributed by atoms with Crippen LogP contribution in [0.4, 0.5) is 13.2 Å². The first-order chi connectivity index (χ1) is 14.8.